The van der Waals surface area contributed by atoms with Crippen LogP contribution in [0.1, 0.15) is 19.4 Å². The first-order valence-electron chi connectivity index (χ1n) is 8.40. The number of amides is 1. The van der Waals surface area contributed by atoms with Crippen molar-refractivity contribution in [1.29, 1.82) is 0 Å². The molecule has 2 fully saturated rings. The smallest absolute Gasteiger partial charge is 0.313 e. The van der Waals surface area contributed by atoms with E-state index in [9.17, 15) is 9.59 Å². The molecule has 0 aliphatic carbocycles. The van der Waals surface area contributed by atoms with Gasteiger partial charge in [0.05, 0.1) is 18.6 Å². The molecule has 1 amide bonds. The number of hydrogen-bond acceptors (Lipinski definition) is 4. The maximum atomic E-state index is 12.8. The van der Waals surface area contributed by atoms with Crippen molar-refractivity contribution in [1.82, 2.24) is 4.90 Å². The van der Waals surface area contributed by atoms with Gasteiger partial charge in [-0.05, 0) is 19.4 Å². The molecular weight excluding hydrogens is 306 g/mol. The van der Waals surface area contributed by atoms with Crippen LogP contribution in [0.25, 0.3) is 0 Å². The summed E-state index contributed by atoms with van der Waals surface area (Å²) in [7, 11) is 0. The van der Waals surface area contributed by atoms with Crippen LogP contribution in [-0.4, -0.2) is 41.1 Å². The van der Waals surface area contributed by atoms with Gasteiger partial charge < -0.3 is 14.4 Å². The molecule has 4 rings (SSSR count). The Kier molecular flexibility index (Phi) is 3.49. The Morgan fingerprint density at radius 3 is 2.83 bits per heavy atom. The monoisotopic (exact) mass is 327 g/mol. The molecular formula is C19H21NO4. The van der Waals surface area contributed by atoms with E-state index in [-0.39, 0.29) is 30.6 Å². The standard InChI is InChI=1S/C19H21NO4/c1-12(2)20-11-19-9-8-14(24-19)15(16(19)17(20)21)18(22)23-10-13-6-4-3-5-7-13/h3-9,12,14-16H,10-11H2,1-2H3/t14-,15+,16+,19-/m1/s1. The molecule has 5 heteroatoms. The zero-order chi connectivity index (χ0) is 16.9. The lowest BCUT2D eigenvalue weighted by molar-refractivity contribution is -0.155. The molecule has 5 nitrogen and oxygen atoms in total. The predicted octanol–water partition coefficient (Wildman–Crippen LogP) is 1.92. The van der Waals surface area contributed by atoms with Gasteiger partial charge in [0.25, 0.3) is 0 Å². The maximum absolute atomic E-state index is 12.8. The minimum atomic E-state index is -0.650. The molecule has 0 radical (unpaired) electrons. The Morgan fingerprint density at radius 2 is 2.12 bits per heavy atom. The van der Waals surface area contributed by atoms with E-state index in [1.165, 1.54) is 0 Å². The first-order valence-corrected chi connectivity index (χ1v) is 8.40. The normalized spacial score (nSPS) is 33.4. The fourth-order valence-corrected chi connectivity index (χ4v) is 4.06. The summed E-state index contributed by atoms with van der Waals surface area (Å²) in [6.07, 6.45) is 3.52. The van der Waals surface area contributed by atoms with Gasteiger partial charge in [-0.25, -0.2) is 0 Å². The van der Waals surface area contributed by atoms with E-state index in [0.717, 1.165) is 5.56 Å². The lowest BCUT2D eigenvalue weighted by atomic mass is 9.77. The van der Waals surface area contributed by atoms with Crippen molar-refractivity contribution in [2.75, 3.05) is 6.54 Å². The van der Waals surface area contributed by atoms with E-state index in [1.54, 1.807) is 4.90 Å². The van der Waals surface area contributed by atoms with Gasteiger partial charge in [-0.3, -0.25) is 9.59 Å². The predicted molar refractivity (Wildman–Crippen MR) is 86.8 cm³/mol. The first-order chi connectivity index (χ1) is 11.5. The van der Waals surface area contributed by atoms with Gasteiger partial charge in [-0.15, -0.1) is 0 Å². The SMILES string of the molecule is CC(C)N1C[C@@]23C=C[C@@H](O2)[C@H](C(=O)OCc2ccccc2)[C@H]3C1=O. The van der Waals surface area contributed by atoms with Gasteiger partial charge in [-0.1, -0.05) is 42.5 Å². The fourth-order valence-electron chi connectivity index (χ4n) is 4.06. The van der Waals surface area contributed by atoms with E-state index >= 15 is 0 Å². The molecule has 0 aromatic heterocycles. The van der Waals surface area contributed by atoms with Gasteiger partial charge in [-0.2, -0.15) is 0 Å². The molecule has 0 unspecified atom stereocenters. The zero-order valence-electron chi connectivity index (χ0n) is 13.8. The van der Waals surface area contributed by atoms with Gasteiger partial charge in [0.1, 0.15) is 18.1 Å². The van der Waals surface area contributed by atoms with Crippen LogP contribution in [-0.2, 0) is 25.7 Å². The Bertz CT molecular complexity index is 699. The summed E-state index contributed by atoms with van der Waals surface area (Å²) in [6.45, 7) is 4.70. The number of ether oxygens (including phenoxy) is 2. The van der Waals surface area contributed by atoms with Gasteiger partial charge >= 0.3 is 5.97 Å². The van der Waals surface area contributed by atoms with Crippen LogP contribution >= 0.6 is 0 Å². The molecule has 24 heavy (non-hydrogen) atoms. The molecule has 1 aromatic carbocycles. The number of nitrogens with zero attached hydrogens (tertiary/aromatic N) is 1. The second kappa shape index (κ2) is 5.45. The number of likely N-dealkylation sites (tertiary alicyclic amines) is 1. The zero-order valence-corrected chi connectivity index (χ0v) is 13.8. The van der Waals surface area contributed by atoms with Crippen molar-refractivity contribution in [3.8, 4) is 0 Å². The largest absolute Gasteiger partial charge is 0.460 e. The molecule has 3 aliphatic heterocycles. The third-order valence-electron chi connectivity index (χ3n) is 5.25. The third-order valence-corrected chi connectivity index (χ3v) is 5.25. The summed E-state index contributed by atoms with van der Waals surface area (Å²) in [6, 6.07) is 9.64. The van der Waals surface area contributed by atoms with Crippen LogP contribution in [0.3, 0.4) is 0 Å². The number of esters is 1. The molecule has 0 N–H and O–H groups in total. The third kappa shape index (κ3) is 2.18. The van der Waals surface area contributed by atoms with Crippen molar-refractivity contribution in [2.24, 2.45) is 11.8 Å². The van der Waals surface area contributed by atoms with E-state index in [4.69, 9.17) is 9.47 Å². The van der Waals surface area contributed by atoms with Crippen LogP contribution in [0.15, 0.2) is 42.5 Å². The van der Waals surface area contributed by atoms with Crippen LogP contribution in [0.4, 0.5) is 0 Å². The van der Waals surface area contributed by atoms with Gasteiger partial charge in [0.15, 0.2) is 0 Å². The Hall–Kier alpha value is -2.14. The van der Waals surface area contributed by atoms with Crippen molar-refractivity contribution in [3.63, 3.8) is 0 Å². The lowest BCUT2D eigenvalue weighted by Crippen LogP contribution is -2.40. The van der Waals surface area contributed by atoms with Crippen molar-refractivity contribution >= 4 is 11.9 Å². The topological polar surface area (TPSA) is 55.8 Å². The van der Waals surface area contributed by atoms with E-state index in [1.807, 2.05) is 56.3 Å². The minimum Gasteiger partial charge on any atom is -0.460 e. The number of hydrogen-bond donors (Lipinski definition) is 0. The number of carbonyl (C=O) groups excluding carboxylic acids is 2. The minimum absolute atomic E-state index is 0.00138. The summed E-state index contributed by atoms with van der Waals surface area (Å²) in [5.74, 6) is -1.36. The van der Waals surface area contributed by atoms with Gasteiger partial charge in [0.2, 0.25) is 5.91 Å². The summed E-state index contributed by atoms with van der Waals surface area (Å²) in [4.78, 5) is 27.3. The second-order valence-corrected chi connectivity index (χ2v) is 7.05. The molecule has 2 bridgehead atoms. The Labute approximate surface area is 141 Å². The molecule has 3 aliphatic rings. The summed E-state index contributed by atoms with van der Waals surface area (Å²) in [5, 5.41) is 0. The second-order valence-electron chi connectivity index (χ2n) is 7.05. The molecule has 2 saturated heterocycles. The highest BCUT2D eigenvalue weighted by Crippen LogP contribution is 2.52. The lowest BCUT2D eigenvalue weighted by Gasteiger charge is -2.24. The van der Waals surface area contributed by atoms with Crippen LogP contribution in [0, 0.1) is 11.8 Å². The highest BCUT2D eigenvalue weighted by Gasteiger charge is 2.67. The summed E-state index contributed by atoms with van der Waals surface area (Å²) in [5.41, 5.74) is 0.282. The van der Waals surface area contributed by atoms with Crippen molar-refractivity contribution in [3.05, 3.63) is 48.0 Å². The maximum Gasteiger partial charge on any atom is 0.313 e. The highest BCUT2D eigenvalue weighted by atomic mass is 16.6. The van der Waals surface area contributed by atoms with E-state index < -0.39 is 17.4 Å². The van der Waals surface area contributed by atoms with Crippen molar-refractivity contribution < 1.29 is 19.1 Å². The number of rotatable bonds is 4. The molecule has 1 spiro atoms. The number of carbonyl (C=O) groups is 2. The number of fused-ring (bicyclic) bond motifs is 1. The van der Waals surface area contributed by atoms with Crippen LogP contribution < -0.4 is 0 Å². The average Bonchev–Trinajstić information content (AvgIpc) is 3.22. The molecule has 4 atom stereocenters. The average molecular weight is 327 g/mol. The van der Waals surface area contributed by atoms with Crippen LogP contribution in [0.5, 0.6) is 0 Å². The molecule has 3 heterocycles. The Morgan fingerprint density at radius 1 is 1.38 bits per heavy atom. The quantitative estimate of drug-likeness (QED) is 0.626. The van der Waals surface area contributed by atoms with Crippen molar-refractivity contribution in [2.45, 2.75) is 38.2 Å². The van der Waals surface area contributed by atoms with E-state index in [2.05, 4.69) is 0 Å². The summed E-state index contributed by atoms with van der Waals surface area (Å²) >= 11 is 0. The number of benzene rings is 1. The molecule has 0 saturated carbocycles. The highest BCUT2D eigenvalue weighted by molar-refractivity contribution is 5.91. The molecule has 126 valence electrons. The Balaban J connectivity index is 1.52. The van der Waals surface area contributed by atoms with E-state index in [0.29, 0.717) is 6.54 Å². The fraction of sp³-hybridized carbons (Fsp3) is 0.474. The summed E-state index contributed by atoms with van der Waals surface area (Å²) < 4.78 is 11.5. The first kappa shape index (κ1) is 15.4. The van der Waals surface area contributed by atoms with Crippen LogP contribution in [0.2, 0.25) is 0 Å². The van der Waals surface area contributed by atoms with Gasteiger partial charge in [0, 0.05) is 6.04 Å². The molecule has 1 aromatic rings.